The lowest BCUT2D eigenvalue weighted by molar-refractivity contribution is -0.143. The molecule has 0 saturated heterocycles. The number of sulfonamides is 1. The van der Waals surface area contributed by atoms with Gasteiger partial charge >= 0.3 is 12.1 Å². The Bertz CT molecular complexity index is 644. The van der Waals surface area contributed by atoms with E-state index >= 15 is 0 Å². The van der Waals surface area contributed by atoms with Crippen LogP contribution in [0.25, 0.3) is 0 Å². The largest absolute Gasteiger partial charge is 0.465 e. The lowest BCUT2D eigenvalue weighted by atomic mass is 10.2. The second-order valence-corrected chi connectivity index (χ2v) is 6.61. The molecule has 5 nitrogen and oxygen atoms in total. The van der Waals surface area contributed by atoms with Gasteiger partial charge in [0, 0.05) is 6.54 Å². The van der Waals surface area contributed by atoms with Crippen LogP contribution in [0.2, 0.25) is 0 Å². The predicted octanol–water partition coefficient (Wildman–Crippen LogP) is 2.67. The second-order valence-electron chi connectivity index (χ2n) is 4.67. The predicted molar refractivity (Wildman–Crippen MR) is 77.1 cm³/mol. The Labute approximate surface area is 133 Å². The molecule has 0 aliphatic rings. The Morgan fingerprint density at radius 2 is 1.91 bits per heavy atom. The number of rotatable bonds is 7. The zero-order valence-electron chi connectivity index (χ0n) is 12.8. The highest BCUT2D eigenvalue weighted by molar-refractivity contribution is 7.89. The van der Waals surface area contributed by atoms with Gasteiger partial charge in [-0.05, 0) is 31.5 Å². The molecule has 0 aliphatic heterocycles. The number of esters is 1. The molecule has 130 valence electrons. The highest BCUT2D eigenvalue weighted by atomic mass is 32.2. The third-order valence-electron chi connectivity index (χ3n) is 2.88. The van der Waals surface area contributed by atoms with Gasteiger partial charge in [0.1, 0.15) is 6.54 Å². The minimum absolute atomic E-state index is 0.00259. The van der Waals surface area contributed by atoms with Gasteiger partial charge < -0.3 is 4.74 Å². The Balaban J connectivity index is 3.17. The third kappa shape index (κ3) is 5.21. The standard InChI is InChI=1S/C14H18F3NO4S/c1-3-8-18(10-13(19)22-4-2)23(20,21)12-7-5-6-11(9-12)14(15,16)17/h5-7,9H,3-4,8,10H2,1-2H3. The van der Waals surface area contributed by atoms with Crippen molar-refractivity contribution < 1.29 is 31.1 Å². The molecule has 0 spiro atoms. The van der Waals surface area contributed by atoms with E-state index in [9.17, 15) is 26.4 Å². The van der Waals surface area contributed by atoms with E-state index in [1.54, 1.807) is 13.8 Å². The summed E-state index contributed by atoms with van der Waals surface area (Å²) < 4.78 is 68.7. The molecule has 1 aromatic carbocycles. The maximum Gasteiger partial charge on any atom is 0.416 e. The first-order chi connectivity index (χ1) is 10.6. The molecule has 0 bridgehead atoms. The summed E-state index contributed by atoms with van der Waals surface area (Å²) in [6.45, 7) is 2.81. The Hall–Kier alpha value is -1.61. The lowest BCUT2D eigenvalue weighted by Crippen LogP contribution is -2.37. The number of carbonyl (C=O) groups excluding carboxylic acids is 1. The Morgan fingerprint density at radius 3 is 2.43 bits per heavy atom. The molecule has 0 aliphatic carbocycles. The molecule has 0 fully saturated rings. The van der Waals surface area contributed by atoms with Gasteiger partial charge in [0.15, 0.2) is 0 Å². The van der Waals surface area contributed by atoms with Crippen molar-refractivity contribution in [3.63, 3.8) is 0 Å². The zero-order valence-corrected chi connectivity index (χ0v) is 13.6. The minimum atomic E-state index is -4.65. The number of nitrogens with zero attached hydrogens (tertiary/aromatic N) is 1. The van der Waals surface area contributed by atoms with Gasteiger partial charge in [0.05, 0.1) is 17.1 Å². The van der Waals surface area contributed by atoms with Crippen molar-refractivity contribution in [3.8, 4) is 0 Å². The summed E-state index contributed by atoms with van der Waals surface area (Å²) in [4.78, 5) is 11.0. The summed E-state index contributed by atoms with van der Waals surface area (Å²) in [6, 6.07) is 3.43. The molecule has 0 radical (unpaired) electrons. The van der Waals surface area contributed by atoms with Crippen LogP contribution in [0.1, 0.15) is 25.8 Å². The SMILES string of the molecule is CCCN(CC(=O)OCC)S(=O)(=O)c1cccc(C(F)(F)F)c1. The summed E-state index contributed by atoms with van der Waals surface area (Å²) >= 11 is 0. The van der Waals surface area contributed by atoms with Crippen molar-refractivity contribution in [2.45, 2.75) is 31.3 Å². The molecular formula is C14H18F3NO4S. The summed E-state index contributed by atoms with van der Waals surface area (Å²) in [6.07, 6.45) is -4.25. The second kappa shape index (κ2) is 7.78. The first-order valence-electron chi connectivity index (χ1n) is 6.96. The number of ether oxygens (including phenoxy) is 1. The maximum atomic E-state index is 12.7. The topological polar surface area (TPSA) is 63.7 Å². The first-order valence-corrected chi connectivity index (χ1v) is 8.40. The fourth-order valence-corrected chi connectivity index (χ4v) is 3.39. The summed E-state index contributed by atoms with van der Waals surface area (Å²) in [5.74, 6) is -0.753. The van der Waals surface area contributed by atoms with Gasteiger partial charge in [-0.1, -0.05) is 13.0 Å². The molecule has 9 heteroatoms. The van der Waals surface area contributed by atoms with Crippen molar-refractivity contribution in [1.82, 2.24) is 4.31 Å². The van der Waals surface area contributed by atoms with Crippen molar-refractivity contribution >= 4 is 16.0 Å². The average molecular weight is 353 g/mol. The fourth-order valence-electron chi connectivity index (χ4n) is 1.87. The normalized spacial score (nSPS) is 12.4. The smallest absolute Gasteiger partial charge is 0.416 e. The van der Waals surface area contributed by atoms with Crippen molar-refractivity contribution in [3.05, 3.63) is 29.8 Å². The molecule has 0 atom stereocenters. The van der Waals surface area contributed by atoms with Gasteiger partial charge in [-0.3, -0.25) is 4.79 Å². The molecule has 23 heavy (non-hydrogen) atoms. The van der Waals surface area contributed by atoms with Crippen LogP contribution in [0, 0.1) is 0 Å². The van der Waals surface area contributed by atoms with Crippen molar-refractivity contribution in [1.29, 1.82) is 0 Å². The van der Waals surface area contributed by atoms with E-state index in [0.29, 0.717) is 12.5 Å². The highest BCUT2D eigenvalue weighted by Gasteiger charge is 2.33. The van der Waals surface area contributed by atoms with E-state index in [0.717, 1.165) is 22.5 Å². The van der Waals surface area contributed by atoms with Gasteiger partial charge in [0.25, 0.3) is 0 Å². The zero-order chi connectivity index (χ0) is 17.7. The summed E-state index contributed by atoms with van der Waals surface area (Å²) in [5.41, 5.74) is -1.06. The Morgan fingerprint density at radius 1 is 1.26 bits per heavy atom. The van der Waals surface area contributed by atoms with Crippen LogP contribution in [0.3, 0.4) is 0 Å². The number of benzene rings is 1. The number of carbonyl (C=O) groups is 1. The third-order valence-corrected chi connectivity index (χ3v) is 4.72. The van der Waals surface area contributed by atoms with Crippen LogP contribution in [-0.4, -0.2) is 38.4 Å². The van der Waals surface area contributed by atoms with Crippen LogP contribution in [-0.2, 0) is 25.7 Å². The van der Waals surface area contributed by atoms with Gasteiger partial charge in [0.2, 0.25) is 10.0 Å². The number of hydrogen-bond acceptors (Lipinski definition) is 4. The number of halogens is 3. The quantitative estimate of drug-likeness (QED) is 0.707. The van der Waals surface area contributed by atoms with Crippen LogP contribution in [0.4, 0.5) is 13.2 Å². The number of hydrogen-bond donors (Lipinski definition) is 0. The van der Waals surface area contributed by atoms with Gasteiger partial charge in [-0.15, -0.1) is 0 Å². The minimum Gasteiger partial charge on any atom is -0.465 e. The molecule has 0 unspecified atom stereocenters. The van der Waals surface area contributed by atoms with Crippen LogP contribution in [0.15, 0.2) is 29.2 Å². The molecule has 0 amide bonds. The van der Waals surface area contributed by atoms with E-state index in [1.807, 2.05) is 0 Å². The Kier molecular flexibility index (Phi) is 6.57. The van der Waals surface area contributed by atoms with E-state index < -0.39 is 39.2 Å². The van der Waals surface area contributed by atoms with E-state index in [-0.39, 0.29) is 13.2 Å². The maximum absolute atomic E-state index is 12.7. The number of alkyl halides is 3. The molecule has 0 N–H and O–H groups in total. The van der Waals surface area contributed by atoms with Crippen LogP contribution < -0.4 is 0 Å². The van der Waals surface area contributed by atoms with Crippen molar-refractivity contribution in [2.75, 3.05) is 19.7 Å². The molecule has 1 rings (SSSR count). The monoisotopic (exact) mass is 353 g/mol. The van der Waals surface area contributed by atoms with Gasteiger partial charge in [-0.2, -0.15) is 17.5 Å². The first kappa shape index (κ1) is 19.4. The average Bonchev–Trinajstić information content (AvgIpc) is 2.46. The van der Waals surface area contributed by atoms with Crippen LogP contribution in [0.5, 0.6) is 0 Å². The van der Waals surface area contributed by atoms with Crippen LogP contribution >= 0.6 is 0 Å². The van der Waals surface area contributed by atoms with Crippen molar-refractivity contribution in [2.24, 2.45) is 0 Å². The molecule has 1 aromatic rings. The fraction of sp³-hybridized carbons (Fsp3) is 0.500. The van der Waals surface area contributed by atoms with E-state index in [2.05, 4.69) is 0 Å². The van der Waals surface area contributed by atoms with E-state index in [4.69, 9.17) is 4.74 Å². The summed E-state index contributed by atoms with van der Waals surface area (Å²) in [7, 11) is -4.23. The molecule has 0 aromatic heterocycles. The molecular weight excluding hydrogens is 335 g/mol. The summed E-state index contributed by atoms with van der Waals surface area (Å²) in [5, 5.41) is 0. The van der Waals surface area contributed by atoms with E-state index in [1.165, 1.54) is 0 Å². The lowest BCUT2D eigenvalue weighted by Gasteiger charge is -2.21. The molecule has 0 saturated carbocycles. The molecule has 0 heterocycles. The highest BCUT2D eigenvalue weighted by Crippen LogP contribution is 2.31. The van der Waals surface area contributed by atoms with Gasteiger partial charge in [-0.25, -0.2) is 8.42 Å².